The summed E-state index contributed by atoms with van der Waals surface area (Å²) in [7, 11) is 0. The van der Waals surface area contributed by atoms with E-state index in [9.17, 15) is 14.9 Å². The molecule has 1 heterocycles. The Bertz CT molecular complexity index is 591. The molecule has 1 amide bonds. The van der Waals surface area contributed by atoms with Crippen LogP contribution in [0.1, 0.15) is 10.6 Å². The van der Waals surface area contributed by atoms with E-state index in [1.807, 2.05) is 0 Å². The number of amides is 1. The van der Waals surface area contributed by atoms with Crippen molar-refractivity contribution in [1.82, 2.24) is 0 Å². The van der Waals surface area contributed by atoms with Gasteiger partial charge >= 0.3 is 0 Å². The summed E-state index contributed by atoms with van der Waals surface area (Å²) in [5.41, 5.74) is 0.423. The minimum atomic E-state index is -0.505. The molecule has 0 spiro atoms. The van der Waals surface area contributed by atoms with Crippen LogP contribution in [0.25, 0.3) is 0 Å². The van der Waals surface area contributed by atoms with Crippen LogP contribution in [0.2, 0.25) is 0 Å². The third-order valence-electron chi connectivity index (χ3n) is 2.13. The summed E-state index contributed by atoms with van der Waals surface area (Å²) >= 11 is 3.09. The van der Waals surface area contributed by atoms with E-state index in [0.717, 1.165) is 0 Å². The van der Waals surface area contributed by atoms with E-state index in [4.69, 9.17) is 4.42 Å². The van der Waals surface area contributed by atoms with Gasteiger partial charge in [0.15, 0.2) is 10.4 Å². The first kappa shape index (κ1) is 12.3. The lowest BCUT2D eigenvalue weighted by Gasteiger charge is -2.02. The molecule has 92 valence electrons. The molecule has 0 aliphatic rings. The van der Waals surface area contributed by atoms with Crippen LogP contribution in [0.5, 0.6) is 0 Å². The number of hydrogen-bond acceptors (Lipinski definition) is 4. The fourth-order valence-electron chi connectivity index (χ4n) is 1.30. The summed E-state index contributed by atoms with van der Waals surface area (Å²) < 4.78 is 5.53. The normalized spacial score (nSPS) is 10.1. The van der Waals surface area contributed by atoms with E-state index in [2.05, 4.69) is 21.2 Å². The lowest BCUT2D eigenvalue weighted by Crippen LogP contribution is -2.10. The molecule has 0 saturated carbocycles. The van der Waals surface area contributed by atoms with E-state index in [0.29, 0.717) is 10.4 Å². The molecule has 1 aromatic heterocycles. The Kier molecular flexibility index (Phi) is 3.42. The van der Waals surface area contributed by atoms with Crippen molar-refractivity contribution >= 4 is 33.2 Å². The van der Waals surface area contributed by atoms with Gasteiger partial charge in [-0.05, 0) is 40.2 Å². The number of non-ortho nitro benzene ring substituents is 1. The molecular weight excluding hydrogens is 304 g/mol. The van der Waals surface area contributed by atoms with Gasteiger partial charge in [0.05, 0.1) is 4.92 Å². The third kappa shape index (κ3) is 2.75. The molecule has 2 aromatic rings. The molecule has 1 aromatic carbocycles. The van der Waals surface area contributed by atoms with Crippen molar-refractivity contribution in [1.29, 1.82) is 0 Å². The molecule has 0 saturated heterocycles. The molecular formula is C11H7BrN2O4. The van der Waals surface area contributed by atoms with Crippen molar-refractivity contribution in [2.24, 2.45) is 0 Å². The Balaban J connectivity index is 2.10. The molecule has 1 N–H and O–H groups in total. The first-order valence-corrected chi connectivity index (χ1v) is 5.67. The van der Waals surface area contributed by atoms with Gasteiger partial charge in [-0.2, -0.15) is 0 Å². The van der Waals surface area contributed by atoms with Crippen LogP contribution in [-0.2, 0) is 0 Å². The second-order valence-electron chi connectivity index (χ2n) is 3.36. The largest absolute Gasteiger partial charge is 0.444 e. The van der Waals surface area contributed by atoms with Gasteiger partial charge in [-0.1, -0.05) is 0 Å². The predicted molar refractivity (Wildman–Crippen MR) is 67.5 cm³/mol. The number of hydrogen-bond donors (Lipinski definition) is 1. The molecule has 0 aliphatic carbocycles. The summed E-state index contributed by atoms with van der Waals surface area (Å²) in [4.78, 5) is 21.6. The summed E-state index contributed by atoms with van der Waals surface area (Å²) in [5, 5.41) is 13.0. The third-order valence-corrected chi connectivity index (χ3v) is 2.56. The number of nitro groups is 1. The van der Waals surface area contributed by atoms with Gasteiger partial charge in [0.25, 0.3) is 11.6 Å². The number of benzene rings is 1. The highest BCUT2D eigenvalue weighted by Crippen LogP contribution is 2.18. The molecule has 2 rings (SSSR count). The molecule has 7 heteroatoms. The number of carbonyl (C=O) groups excluding carboxylic acids is 1. The van der Waals surface area contributed by atoms with Gasteiger partial charge in [0.1, 0.15) is 0 Å². The van der Waals surface area contributed by atoms with Crippen molar-refractivity contribution < 1.29 is 14.1 Å². The molecule has 0 bridgehead atoms. The minimum absolute atomic E-state index is 0.0336. The summed E-state index contributed by atoms with van der Waals surface area (Å²) in [5.74, 6) is -0.269. The van der Waals surface area contributed by atoms with Gasteiger partial charge in [-0.3, -0.25) is 14.9 Å². The molecule has 18 heavy (non-hydrogen) atoms. The van der Waals surface area contributed by atoms with E-state index in [-0.39, 0.29) is 11.4 Å². The maximum atomic E-state index is 11.7. The SMILES string of the molecule is O=C(Nc1ccc([N+](=O)[O-])cc1)c1ccc(Br)o1. The van der Waals surface area contributed by atoms with Crippen LogP contribution in [0, 0.1) is 10.1 Å². The number of nitrogens with one attached hydrogen (secondary N) is 1. The van der Waals surface area contributed by atoms with E-state index in [1.165, 1.54) is 30.3 Å². The number of furan rings is 1. The van der Waals surface area contributed by atoms with Gasteiger partial charge in [0, 0.05) is 17.8 Å². The predicted octanol–water partition coefficient (Wildman–Crippen LogP) is 3.20. The molecule has 0 aliphatic heterocycles. The first-order valence-electron chi connectivity index (χ1n) is 4.87. The zero-order valence-electron chi connectivity index (χ0n) is 8.92. The molecule has 0 radical (unpaired) electrons. The first-order chi connectivity index (χ1) is 8.56. The Morgan fingerprint density at radius 2 is 1.89 bits per heavy atom. The standard InChI is InChI=1S/C11H7BrN2O4/c12-10-6-5-9(18-10)11(15)13-7-1-3-8(4-2-7)14(16)17/h1-6H,(H,13,15). The van der Waals surface area contributed by atoms with Crippen molar-refractivity contribution in [2.75, 3.05) is 5.32 Å². The van der Waals surface area contributed by atoms with Crippen molar-refractivity contribution in [3.8, 4) is 0 Å². The maximum absolute atomic E-state index is 11.7. The number of halogens is 1. The van der Waals surface area contributed by atoms with Crippen LogP contribution >= 0.6 is 15.9 Å². The van der Waals surface area contributed by atoms with Crippen molar-refractivity contribution in [3.05, 3.63) is 56.9 Å². The van der Waals surface area contributed by atoms with Gasteiger partial charge in [-0.15, -0.1) is 0 Å². The van der Waals surface area contributed by atoms with Crippen molar-refractivity contribution in [2.45, 2.75) is 0 Å². The molecule has 0 unspecified atom stereocenters. The average Bonchev–Trinajstić information content (AvgIpc) is 2.76. The topological polar surface area (TPSA) is 85.4 Å². The van der Waals surface area contributed by atoms with Crippen molar-refractivity contribution in [3.63, 3.8) is 0 Å². The Labute approximate surface area is 110 Å². The maximum Gasteiger partial charge on any atom is 0.291 e. The number of anilines is 1. The Hall–Kier alpha value is -2.15. The lowest BCUT2D eigenvalue weighted by atomic mass is 10.3. The van der Waals surface area contributed by atoms with Crippen LogP contribution in [0.4, 0.5) is 11.4 Å². The fourth-order valence-corrected chi connectivity index (χ4v) is 1.60. The fraction of sp³-hybridized carbons (Fsp3) is 0. The van der Waals surface area contributed by atoms with Crippen LogP contribution in [0.15, 0.2) is 45.5 Å². The Morgan fingerprint density at radius 1 is 1.22 bits per heavy atom. The zero-order chi connectivity index (χ0) is 13.1. The lowest BCUT2D eigenvalue weighted by molar-refractivity contribution is -0.384. The van der Waals surface area contributed by atoms with Gasteiger partial charge in [0.2, 0.25) is 0 Å². The summed E-state index contributed by atoms with van der Waals surface area (Å²) in [6.45, 7) is 0. The highest BCUT2D eigenvalue weighted by molar-refractivity contribution is 9.10. The highest BCUT2D eigenvalue weighted by Gasteiger charge is 2.11. The quantitative estimate of drug-likeness (QED) is 0.696. The smallest absolute Gasteiger partial charge is 0.291 e. The Morgan fingerprint density at radius 3 is 2.39 bits per heavy atom. The van der Waals surface area contributed by atoms with Crippen LogP contribution < -0.4 is 5.32 Å². The van der Waals surface area contributed by atoms with E-state index in [1.54, 1.807) is 6.07 Å². The minimum Gasteiger partial charge on any atom is -0.444 e. The highest BCUT2D eigenvalue weighted by atomic mass is 79.9. The van der Waals surface area contributed by atoms with Gasteiger partial charge < -0.3 is 9.73 Å². The van der Waals surface area contributed by atoms with Gasteiger partial charge in [-0.25, -0.2) is 0 Å². The molecule has 0 atom stereocenters. The number of carbonyl (C=O) groups is 1. The van der Waals surface area contributed by atoms with Crippen LogP contribution in [-0.4, -0.2) is 10.8 Å². The average molecular weight is 311 g/mol. The number of rotatable bonds is 3. The molecule has 0 fully saturated rings. The number of nitro benzene ring substituents is 1. The number of nitrogens with zero attached hydrogens (tertiary/aromatic N) is 1. The second kappa shape index (κ2) is 5.01. The summed E-state index contributed by atoms with van der Waals surface area (Å²) in [6.07, 6.45) is 0. The summed E-state index contributed by atoms with van der Waals surface area (Å²) in [6, 6.07) is 8.65. The second-order valence-corrected chi connectivity index (χ2v) is 4.14. The van der Waals surface area contributed by atoms with Crippen LogP contribution in [0.3, 0.4) is 0 Å². The zero-order valence-corrected chi connectivity index (χ0v) is 10.5. The molecule has 6 nitrogen and oxygen atoms in total. The monoisotopic (exact) mass is 310 g/mol. The van der Waals surface area contributed by atoms with E-state index >= 15 is 0 Å². The van der Waals surface area contributed by atoms with E-state index < -0.39 is 10.8 Å².